The smallest absolute Gasteiger partial charge is 0.244 e. The molecule has 34 heavy (non-hydrogen) atoms. The Labute approximate surface area is 197 Å². The minimum atomic E-state index is -0.601. The van der Waals surface area contributed by atoms with Gasteiger partial charge in [-0.1, -0.05) is 0 Å². The number of halogens is 1. The third-order valence-electron chi connectivity index (χ3n) is 6.82. The van der Waals surface area contributed by atoms with Crippen molar-refractivity contribution >= 4 is 22.5 Å². The van der Waals surface area contributed by atoms with Crippen LogP contribution in [0.4, 0.5) is 10.3 Å². The summed E-state index contributed by atoms with van der Waals surface area (Å²) in [5.74, 6) is 1.30. The standard InChI is InChI=1S/C25H31FN6O2/c1-14(2)32-15(3)27-21-19(26)12-16(13-20(21)32)18-8-11-31-22(18)23(34-5)29-24(30-31)28-17-6-9-25(4,33)10-7-17/h8,11-14,17,33H,6-7,9-10H2,1-5H3,(H,28,30)/t17-,25-. The van der Waals surface area contributed by atoms with Crippen LogP contribution in [0, 0.1) is 12.7 Å². The normalized spacial score (nSPS) is 21.0. The first kappa shape index (κ1) is 22.6. The highest BCUT2D eigenvalue weighted by molar-refractivity contribution is 5.90. The summed E-state index contributed by atoms with van der Waals surface area (Å²) in [7, 11) is 1.57. The van der Waals surface area contributed by atoms with Crippen molar-refractivity contribution in [3.8, 4) is 17.0 Å². The Morgan fingerprint density at radius 1 is 1.24 bits per heavy atom. The van der Waals surface area contributed by atoms with Crippen LogP contribution in [0.3, 0.4) is 0 Å². The Kier molecular flexibility index (Phi) is 5.47. The number of aliphatic hydroxyl groups is 1. The second-order valence-corrected chi connectivity index (χ2v) is 9.83. The van der Waals surface area contributed by atoms with E-state index in [1.54, 1.807) is 11.6 Å². The molecule has 0 amide bonds. The number of benzene rings is 1. The lowest BCUT2D eigenvalue weighted by atomic mass is 9.84. The van der Waals surface area contributed by atoms with Gasteiger partial charge in [0.15, 0.2) is 5.82 Å². The molecule has 180 valence electrons. The number of hydrogen-bond acceptors (Lipinski definition) is 6. The van der Waals surface area contributed by atoms with Crippen LogP contribution in [0.1, 0.15) is 58.3 Å². The van der Waals surface area contributed by atoms with Gasteiger partial charge >= 0.3 is 0 Å². The maximum atomic E-state index is 15.1. The highest BCUT2D eigenvalue weighted by Crippen LogP contribution is 2.35. The van der Waals surface area contributed by atoms with Gasteiger partial charge in [0.2, 0.25) is 11.8 Å². The van der Waals surface area contributed by atoms with Gasteiger partial charge in [0, 0.05) is 23.8 Å². The van der Waals surface area contributed by atoms with E-state index in [1.165, 1.54) is 6.07 Å². The molecule has 3 heterocycles. The first-order valence-electron chi connectivity index (χ1n) is 11.8. The van der Waals surface area contributed by atoms with E-state index >= 15 is 4.39 Å². The molecule has 1 aliphatic carbocycles. The Morgan fingerprint density at radius 2 is 1.97 bits per heavy atom. The Morgan fingerprint density at radius 3 is 2.65 bits per heavy atom. The lowest BCUT2D eigenvalue weighted by Crippen LogP contribution is -2.36. The molecule has 1 saturated carbocycles. The minimum Gasteiger partial charge on any atom is -0.479 e. The summed E-state index contributed by atoms with van der Waals surface area (Å²) in [5.41, 5.74) is 2.70. The van der Waals surface area contributed by atoms with Gasteiger partial charge in [0.25, 0.3) is 0 Å². The number of hydrogen-bond donors (Lipinski definition) is 2. The molecule has 9 heteroatoms. The molecular formula is C25H31FN6O2. The Bertz CT molecular complexity index is 1360. The molecule has 0 aliphatic heterocycles. The zero-order chi connectivity index (χ0) is 24.2. The van der Waals surface area contributed by atoms with Crippen molar-refractivity contribution in [1.29, 1.82) is 0 Å². The molecule has 0 atom stereocenters. The molecule has 8 nitrogen and oxygen atoms in total. The van der Waals surface area contributed by atoms with E-state index in [1.807, 2.05) is 36.7 Å². The molecule has 4 aromatic rings. The number of imidazole rings is 1. The van der Waals surface area contributed by atoms with E-state index in [0.29, 0.717) is 28.4 Å². The molecule has 1 aliphatic rings. The number of fused-ring (bicyclic) bond motifs is 2. The number of nitrogens with zero attached hydrogens (tertiary/aromatic N) is 5. The molecule has 0 spiro atoms. The van der Waals surface area contributed by atoms with E-state index in [0.717, 1.165) is 42.6 Å². The first-order chi connectivity index (χ1) is 16.2. The number of aryl methyl sites for hydroxylation is 1. The second kappa shape index (κ2) is 8.23. The first-order valence-corrected chi connectivity index (χ1v) is 11.8. The summed E-state index contributed by atoms with van der Waals surface area (Å²) in [6.45, 7) is 7.90. The highest BCUT2D eigenvalue weighted by Gasteiger charge is 2.29. The minimum absolute atomic E-state index is 0.153. The highest BCUT2D eigenvalue weighted by atomic mass is 19.1. The monoisotopic (exact) mass is 466 g/mol. The van der Waals surface area contributed by atoms with Crippen LogP contribution in [0.15, 0.2) is 24.4 Å². The fourth-order valence-electron chi connectivity index (χ4n) is 5.07. The average Bonchev–Trinajstić information content (AvgIpc) is 3.35. The number of ether oxygens (including phenoxy) is 1. The van der Waals surface area contributed by atoms with Crippen molar-refractivity contribution in [2.45, 2.75) is 71.1 Å². The molecule has 5 rings (SSSR count). The van der Waals surface area contributed by atoms with Gasteiger partial charge in [-0.2, -0.15) is 4.98 Å². The molecule has 0 bridgehead atoms. The van der Waals surface area contributed by atoms with E-state index < -0.39 is 5.60 Å². The third kappa shape index (κ3) is 3.87. The maximum Gasteiger partial charge on any atom is 0.244 e. The number of anilines is 1. The predicted octanol–water partition coefficient (Wildman–Crippen LogP) is 4.89. The molecule has 3 aromatic heterocycles. The predicted molar refractivity (Wildman–Crippen MR) is 130 cm³/mol. The Balaban J connectivity index is 1.55. The van der Waals surface area contributed by atoms with Crippen LogP contribution in [-0.4, -0.2) is 48.0 Å². The quantitative estimate of drug-likeness (QED) is 0.435. The van der Waals surface area contributed by atoms with Gasteiger partial charge < -0.3 is 19.7 Å². The van der Waals surface area contributed by atoms with Gasteiger partial charge in [-0.3, -0.25) is 0 Å². The number of methoxy groups -OCH3 is 1. The van der Waals surface area contributed by atoms with Crippen LogP contribution in [0.25, 0.3) is 27.7 Å². The van der Waals surface area contributed by atoms with Crippen molar-refractivity contribution in [1.82, 2.24) is 24.1 Å². The second-order valence-electron chi connectivity index (χ2n) is 9.83. The summed E-state index contributed by atoms with van der Waals surface area (Å²) in [5, 5.41) is 18.2. The van der Waals surface area contributed by atoms with Crippen LogP contribution >= 0.6 is 0 Å². The fraction of sp³-hybridized carbons (Fsp3) is 0.480. The zero-order valence-corrected chi connectivity index (χ0v) is 20.3. The van der Waals surface area contributed by atoms with Crippen molar-refractivity contribution in [2.75, 3.05) is 12.4 Å². The van der Waals surface area contributed by atoms with Crippen molar-refractivity contribution in [3.05, 3.63) is 36.0 Å². The summed E-state index contributed by atoms with van der Waals surface area (Å²) in [6, 6.07) is 5.72. The number of rotatable bonds is 5. The lowest BCUT2D eigenvalue weighted by molar-refractivity contribution is 0.0195. The lowest BCUT2D eigenvalue weighted by Gasteiger charge is -2.33. The third-order valence-corrected chi connectivity index (χ3v) is 6.82. The molecule has 0 radical (unpaired) electrons. The zero-order valence-electron chi connectivity index (χ0n) is 20.3. The SMILES string of the molecule is COc1nc(N[C@H]2CC[C@](C)(O)CC2)nn2ccc(-c3cc(F)c4nc(C)n(C(C)C)c4c3)c12. The molecule has 1 fully saturated rings. The molecular weight excluding hydrogens is 435 g/mol. The van der Waals surface area contributed by atoms with Crippen LogP contribution in [0.5, 0.6) is 5.88 Å². The fourth-order valence-corrected chi connectivity index (χ4v) is 5.07. The van der Waals surface area contributed by atoms with Gasteiger partial charge in [-0.25, -0.2) is 13.9 Å². The van der Waals surface area contributed by atoms with Crippen molar-refractivity contribution in [3.63, 3.8) is 0 Å². The van der Waals surface area contributed by atoms with Crippen LogP contribution < -0.4 is 10.1 Å². The summed E-state index contributed by atoms with van der Waals surface area (Å²) in [4.78, 5) is 9.04. The van der Waals surface area contributed by atoms with Crippen molar-refractivity contribution < 1.29 is 14.2 Å². The van der Waals surface area contributed by atoms with E-state index in [4.69, 9.17) is 4.74 Å². The van der Waals surface area contributed by atoms with E-state index in [-0.39, 0.29) is 17.9 Å². The topological polar surface area (TPSA) is 89.5 Å². The van der Waals surface area contributed by atoms with Gasteiger partial charge in [0.05, 0.1) is 18.2 Å². The van der Waals surface area contributed by atoms with E-state index in [2.05, 4.69) is 34.2 Å². The van der Waals surface area contributed by atoms with Crippen LogP contribution in [0.2, 0.25) is 0 Å². The van der Waals surface area contributed by atoms with Gasteiger partial charge in [-0.05, 0) is 77.1 Å². The average molecular weight is 467 g/mol. The Hall–Kier alpha value is -3.20. The number of aromatic nitrogens is 5. The summed E-state index contributed by atoms with van der Waals surface area (Å²) in [6.07, 6.45) is 4.99. The molecule has 2 N–H and O–H groups in total. The summed E-state index contributed by atoms with van der Waals surface area (Å²) < 4.78 is 24.5. The number of nitrogens with one attached hydrogen (secondary N) is 1. The van der Waals surface area contributed by atoms with E-state index in [9.17, 15) is 5.11 Å². The molecule has 1 aromatic carbocycles. The van der Waals surface area contributed by atoms with Crippen molar-refractivity contribution in [2.24, 2.45) is 0 Å². The largest absolute Gasteiger partial charge is 0.479 e. The molecule has 0 unspecified atom stereocenters. The molecule has 0 saturated heterocycles. The summed E-state index contributed by atoms with van der Waals surface area (Å²) >= 11 is 0. The van der Waals surface area contributed by atoms with Crippen LogP contribution in [-0.2, 0) is 0 Å². The maximum absolute atomic E-state index is 15.1. The van der Waals surface area contributed by atoms with Gasteiger partial charge in [-0.15, -0.1) is 5.10 Å². The van der Waals surface area contributed by atoms with Gasteiger partial charge in [0.1, 0.15) is 16.9 Å².